The molecular weight excluding hydrogens is 374 g/mol. The van der Waals surface area contributed by atoms with Gasteiger partial charge in [0, 0.05) is 27.9 Å². The van der Waals surface area contributed by atoms with Gasteiger partial charge < -0.3 is 9.73 Å². The Balaban J connectivity index is 1.60. The molecule has 0 aliphatic carbocycles. The monoisotopic (exact) mass is 389 g/mol. The minimum atomic E-state index is -0.232. The zero-order chi connectivity index (χ0) is 19.7. The summed E-state index contributed by atoms with van der Waals surface area (Å²) >= 11 is 5.85. The molecule has 1 heterocycles. The molecule has 0 saturated heterocycles. The molecule has 28 heavy (non-hydrogen) atoms. The van der Waals surface area contributed by atoms with Gasteiger partial charge in [0.2, 0.25) is 0 Å². The molecule has 0 fully saturated rings. The Bertz CT molecular complexity index is 1230. The van der Waals surface area contributed by atoms with Crippen molar-refractivity contribution in [1.82, 2.24) is 0 Å². The number of carbonyl (C=O) groups excluding carboxylic acids is 1. The summed E-state index contributed by atoms with van der Waals surface area (Å²) < 4.78 is 5.88. The quantitative estimate of drug-likeness (QED) is 0.490. The van der Waals surface area contributed by atoms with E-state index in [9.17, 15) is 9.59 Å². The Morgan fingerprint density at radius 2 is 1.64 bits per heavy atom. The average Bonchev–Trinajstić information content (AvgIpc) is 2.70. The van der Waals surface area contributed by atoms with Crippen LogP contribution in [0.15, 0.2) is 82.0 Å². The fraction of sp³-hybridized carbons (Fsp3) is 0.0435. The van der Waals surface area contributed by atoms with E-state index in [1.165, 1.54) is 6.07 Å². The molecule has 1 aromatic heterocycles. The van der Waals surface area contributed by atoms with Crippen LogP contribution in [0.2, 0.25) is 5.02 Å². The maximum Gasteiger partial charge on any atom is 0.255 e. The highest BCUT2D eigenvalue weighted by Crippen LogP contribution is 2.23. The highest BCUT2D eigenvalue weighted by Gasteiger charge is 2.10. The van der Waals surface area contributed by atoms with Crippen LogP contribution in [0.4, 0.5) is 5.69 Å². The van der Waals surface area contributed by atoms with Gasteiger partial charge in [-0.25, -0.2) is 0 Å². The van der Waals surface area contributed by atoms with Crippen LogP contribution in [-0.4, -0.2) is 5.91 Å². The maximum atomic E-state index is 12.4. The van der Waals surface area contributed by atoms with Crippen molar-refractivity contribution in [3.8, 4) is 11.3 Å². The molecule has 1 amide bonds. The van der Waals surface area contributed by atoms with Crippen molar-refractivity contribution < 1.29 is 9.21 Å². The van der Waals surface area contributed by atoms with Gasteiger partial charge in [-0.3, -0.25) is 9.59 Å². The molecular formula is C23H16ClNO3. The molecule has 138 valence electrons. The molecule has 0 atom stereocenters. The summed E-state index contributed by atoms with van der Waals surface area (Å²) in [6.45, 7) is 1.93. The molecule has 3 aromatic carbocycles. The van der Waals surface area contributed by atoms with Crippen LogP contribution in [0.25, 0.3) is 22.3 Å². The number of carbonyl (C=O) groups is 1. The number of rotatable bonds is 3. The molecule has 4 aromatic rings. The molecule has 1 N–H and O–H groups in total. The van der Waals surface area contributed by atoms with Crippen LogP contribution in [0.3, 0.4) is 0 Å². The normalized spacial score (nSPS) is 10.8. The van der Waals surface area contributed by atoms with Crippen LogP contribution in [0, 0.1) is 6.92 Å². The third-order valence-electron chi connectivity index (χ3n) is 4.42. The highest BCUT2D eigenvalue weighted by molar-refractivity contribution is 6.30. The smallest absolute Gasteiger partial charge is 0.255 e. The minimum absolute atomic E-state index is 0.0930. The number of hydrogen-bond acceptors (Lipinski definition) is 3. The summed E-state index contributed by atoms with van der Waals surface area (Å²) in [4.78, 5) is 24.8. The fourth-order valence-electron chi connectivity index (χ4n) is 2.93. The van der Waals surface area contributed by atoms with Gasteiger partial charge in [-0.1, -0.05) is 35.4 Å². The Labute approximate surface area is 166 Å². The van der Waals surface area contributed by atoms with E-state index in [4.69, 9.17) is 16.0 Å². The first-order valence-electron chi connectivity index (χ1n) is 8.71. The third-order valence-corrected chi connectivity index (χ3v) is 4.67. The van der Waals surface area contributed by atoms with Crippen molar-refractivity contribution in [3.05, 3.63) is 99.2 Å². The topological polar surface area (TPSA) is 59.3 Å². The molecule has 0 aliphatic rings. The predicted octanol–water partition coefficient (Wildman–Crippen LogP) is 5.67. The second kappa shape index (κ2) is 7.33. The van der Waals surface area contributed by atoms with Gasteiger partial charge >= 0.3 is 0 Å². The van der Waals surface area contributed by atoms with Gasteiger partial charge in [0.15, 0.2) is 5.43 Å². The summed E-state index contributed by atoms with van der Waals surface area (Å²) in [6.07, 6.45) is 0. The molecule has 4 rings (SSSR count). The van der Waals surface area contributed by atoms with Crippen LogP contribution in [-0.2, 0) is 0 Å². The summed E-state index contributed by atoms with van der Waals surface area (Å²) in [5, 5.41) is 3.98. The van der Waals surface area contributed by atoms with Crippen LogP contribution in [0.5, 0.6) is 0 Å². The Morgan fingerprint density at radius 1 is 0.929 bits per heavy atom. The van der Waals surface area contributed by atoms with Crippen molar-refractivity contribution >= 4 is 34.2 Å². The first-order valence-corrected chi connectivity index (χ1v) is 9.09. The lowest BCUT2D eigenvalue weighted by molar-refractivity contribution is 0.102. The summed E-state index contributed by atoms with van der Waals surface area (Å²) in [5.41, 5.74) is 3.33. The van der Waals surface area contributed by atoms with Gasteiger partial charge in [-0.15, -0.1) is 0 Å². The molecule has 4 nitrogen and oxygen atoms in total. The van der Waals surface area contributed by atoms with E-state index in [1.807, 2.05) is 19.1 Å². The van der Waals surface area contributed by atoms with E-state index in [2.05, 4.69) is 5.32 Å². The van der Waals surface area contributed by atoms with Gasteiger partial charge in [0.25, 0.3) is 5.91 Å². The summed E-state index contributed by atoms with van der Waals surface area (Å²) in [5.74, 6) is 0.232. The second-order valence-electron chi connectivity index (χ2n) is 6.51. The minimum Gasteiger partial charge on any atom is -0.456 e. The van der Waals surface area contributed by atoms with E-state index in [1.54, 1.807) is 54.6 Å². The van der Waals surface area contributed by atoms with Gasteiger partial charge in [-0.05, 0) is 55.5 Å². The molecule has 0 spiro atoms. The number of nitrogens with one attached hydrogen (secondary N) is 1. The van der Waals surface area contributed by atoms with E-state index < -0.39 is 0 Å². The summed E-state index contributed by atoms with van der Waals surface area (Å²) in [6, 6.07) is 20.8. The second-order valence-corrected chi connectivity index (χ2v) is 6.95. The lowest BCUT2D eigenvalue weighted by atomic mass is 10.1. The zero-order valence-electron chi connectivity index (χ0n) is 15.0. The van der Waals surface area contributed by atoms with Crippen molar-refractivity contribution in [2.45, 2.75) is 6.92 Å². The van der Waals surface area contributed by atoms with Crippen LogP contribution >= 0.6 is 11.6 Å². The zero-order valence-corrected chi connectivity index (χ0v) is 15.8. The number of hydrogen-bond donors (Lipinski definition) is 1. The van der Waals surface area contributed by atoms with Gasteiger partial charge in [-0.2, -0.15) is 0 Å². The number of benzene rings is 3. The number of fused-ring (bicyclic) bond motifs is 1. The van der Waals surface area contributed by atoms with Crippen LogP contribution in [0.1, 0.15) is 15.9 Å². The van der Waals surface area contributed by atoms with Crippen molar-refractivity contribution in [3.63, 3.8) is 0 Å². The molecule has 0 aliphatic heterocycles. The third kappa shape index (κ3) is 3.68. The van der Waals surface area contributed by atoms with Crippen molar-refractivity contribution in [2.24, 2.45) is 0 Å². The standard InChI is InChI=1S/C23H16ClNO3/c1-14-2-11-21-19(12-14)20(26)13-22(28-21)15-3-5-16(6-4-15)23(27)25-18-9-7-17(24)8-10-18/h2-13H,1H3,(H,25,27). The fourth-order valence-corrected chi connectivity index (χ4v) is 3.06. The highest BCUT2D eigenvalue weighted by atomic mass is 35.5. The molecule has 0 radical (unpaired) electrons. The van der Waals surface area contributed by atoms with E-state index in [0.717, 1.165) is 11.1 Å². The maximum absolute atomic E-state index is 12.4. The Morgan fingerprint density at radius 3 is 2.36 bits per heavy atom. The molecule has 0 unspecified atom stereocenters. The molecule has 5 heteroatoms. The first kappa shape index (κ1) is 18.0. The SMILES string of the molecule is Cc1ccc2oc(-c3ccc(C(=O)Nc4ccc(Cl)cc4)cc3)cc(=O)c2c1. The van der Waals surface area contributed by atoms with Gasteiger partial charge in [0.05, 0.1) is 5.39 Å². The predicted molar refractivity (Wildman–Crippen MR) is 112 cm³/mol. The van der Waals surface area contributed by atoms with E-state index in [0.29, 0.717) is 33.0 Å². The number of anilines is 1. The first-order chi connectivity index (χ1) is 13.5. The van der Waals surface area contributed by atoms with Crippen molar-refractivity contribution in [2.75, 3.05) is 5.32 Å². The lowest BCUT2D eigenvalue weighted by Gasteiger charge is -2.07. The molecule has 0 bridgehead atoms. The number of halogens is 1. The summed E-state index contributed by atoms with van der Waals surface area (Å²) in [7, 11) is 0. The Hall–Kier alpha value is -3.37. The van der Waals surface area contributed by atoms with Crippen molar-refractivity contribution in [1.29, 1.82) is 0 Å². The van der Waals surface area contributed by atoms with E-state index >= 15 is 0 Å². The van der Waals surface area contributed by atoms with Crippen LogP contribution < -0.4 is 10.7 Å². The largest absolute Gasteiger partial charge is 0.456 e. The van der Waals surface area contributed by atoms with E-state index in [-0.39, 0.29) is 11.3 Å². The Kier molecular flexibility index (Phi) is 4.72. The lowest BCUT2D eigenvalue weighted by Crippen LogP contribution is -2.11. The number of amides is 1. The molecule has 0 saturated carbocycles. The number of aryl methyl sites for hydroxylation is 1. The average molecular weight is 390 g/mol. The van der Waals surface area contributed by atoms with Gasteiger partial charge in [0.1, 0.15) is 11.3 Å².